The normalized spacial score (nSPS) is 11.8. The SMILES string of the molecule is CCNC(=NCc1ccc(C)cc1C)NCCCNS(C)(=O)=O.I. The number of guanidine groups is 1. The van der Waals surface area contributed by atoms with Gasteiger partial charge in [-0.2, -0.15) is 0 Å². The van der Waals surface area contributed by atoms with Crippen LogP contribution in [0.1, 0.15) is 30.0 Å². The van der Waals surface area contributed by atoms with Crippen LogP contribution in [0.2, 0.25) is 0 Å². The van der Waals surface area contributed by atoms with Crippen molar-refractivity contribution in [3.8, 4) is 0 Å². The molecule has 138 valence electrons. The number of sulfonamides is 1. The van der Waals surface area contributed by atoms with E-state index in [1.807, 2.05) is 6.92 Å². The van der Waals surface area contributed by atoms with Gasteiger partial charge >= 0.3 is 0 Å². The summed E-state index contributed by atoms with van der Waals surface area (Å²) in [4.78, 5) is 4.58. The minimum absolute atomic E-state index is 0. The molecule has 0 saturated carbocycles. The number of rotatable bonds is 8. The third kappa shape index (κ3) is 10.1. The molecule has 0 spiro atoms. The third-order valence-electron chi connectivity index (χ3n) is 3.26. The third-order valence-corrected chi connectivity index (χ3v) is 3.99. The first kappa shape index (κ1) is 23.1. The fraction of sp³-hybridized carbons (Fsp3) is 0.562. The fourth-order valence-electron chi connectivity index (χ4n) is 2.08. The van der Waals surface area contributed by atoms with Gasteiger partial charge in [0.1, 0.15) is 0 Å². The van der Waals surface area contributed by atoms with E-state index >= 15 is 0 Å². The molecule has 6 nitrogen and oxygen atoms in total. The smallest absolute Gasteiger partial charge is 0.208 e. The second-order valence-electron chi connectivity index (χ2n) is 5.57. The van der Waals surface area contributed by atoms with Crippen LogP contribution in [0.5, 0.6) is 0 Å². The van der Waals surface area contributed by atoms with Crippen LogP contribution < -0.4 is 15.4 Å². The average Bonchev–Trinajstić information content (AvgIpc) is 2.44. The average molecular weight is 468 g/mol. The lowest BCUT2D eigenvalue weighted by Gasteiger charge is -2.12. The maximum atomic E-state index is 11.0. The minimum Gasteiger partial charge on any atom is -0.357 e. The van der Waals surface area contributed by atoms with Crippen molar-refractivity contribution in [2.24, 2.45) is 4.99 Å². The number of halogens is 1. The molecule has 0 heterocycles. The number of hydrogen-bond donors (Lipinski definition) is 3. The Bertz CT molecular complexity index is 633. The Kier molecular flexibility index (Phi) is 11.2. The van der Waals surface area contributed by atoms with Gasteiger partial charge in [-0.25, -0.2) is 18.1 Å². The molecule has 1 aromatic rings. The van der Waals surface area contributed by atoms with Crippen molar-refractivity contribution in [2.45, 2.75) is 33.7 Å². The maximum Gasteiger partial charge on any atom is 0.208 e. The summed E-state index contributed by atoms with van der Waals surface area (Å²) < 4.78 is 24.4. The van der Waals surface area contributed by atoms with Gasteiger partial charge in [0.2, 0.25) is 10.0 Å². The number of aliphatic imine (C=N–C) groups is 1. The highest BCUT2D eigenvalue weighted by Gasteiger charge is 2.02. The van der Waals surface area contributed by atoms with Crippen LogP contribution in [0.3, 0.4) is 0 Å². The molecule has 0 radical (unpaired) electrons. The molecule has 0 saturated heterocycles. The molecular weight excluding hydrogens is 439 g/mol. The van der Waals surface area contributed by atoms with Gasteiger partial charge in [0.25, 0.3) is 0 Å². The fourth-order valence-corrected chi connectivity index (χ4v) is 2.60. The number of benzene rings is 1. The Morgan fingerprint density at radius 2 is 1.88 bits per heavy atom. The molecule has 1 aromatic carbocycles. The van der Waals surface area contributed by atoms with E-state index in [9.17, 15) is 8.42 Å². The molecule has 24 heavy (non-hydrogen) atoms. The first-order valence-corrected chi connectivity index (χ1v) is 9.74. The lowest BCUT2D eigenvalue weighted by molar-refractivity contribution is 0.584. The zero-order valence-corrected chi connectivity index (χ0v) is 18.0. The molecule has 0 aliphatic heterocycles. The van der Waals surface area contributed by atoms with Crippen LogP contribution in [0.4, 0.5) is 0 Å². The van der Waals surface area contributed by atoms with Gasteiger partial charge < -0.3 is 10.6 Å². The first-order valence-electron chi connectivity index (χ1n) is 7.84. The molecule has 8 heteroatoms. The van der Waals surface area contributed by atoms with E-state index in [1.165, 1.54) is 16.7 Å². The van der Waals surface area contributed by atoms with E-state index in [2.05, 4.69) is 52.4 Å². The van der Waals surface area contributed by atoms with Gasteiger partial charge in [0, 0.05) is 19.6 Å². The lowest BCUT2D eigenvalue weighted by Crippen LogP contribution is -2.38. The van der Waals surface area contributed by atoms with Crippen LogP contribution in [0.15, 0.2) is 23.2 Å². The summed E-state index contributed by atoms with van der Waals surface area (Å²) in [5.74, 6) is 0.742. The lowest BCUT2D eigenvalue weighted by atomic mass is 10.1. The van der Waals surface area contributed by atoms with Gasteiger partial charge in [-0.05, 0) is 38.3 Å². The van der Waals surface area contributed by atoms with E-state index in [-0.39, 0.29) is 24.0 Å². The van der Waals surface area contributed by atoms with E-state index in [4.69, 9.17) is 0 Å². The number of aryl methyl sites for hydroxylation is 2. The summed E-state index contributed by atoms with van der Waals surface area (Å²) >= 11 is 0. The topological polar surface area (TPSA) is 82.6 Å². The molecule has 0 amide bonds. The van der Waals surface area contributed by atoms with Crippen LogP contribution in [0, 0.1) is 13.8 Å². The summed E-state index contributed by atoms with van der Waals surface area (Å²) in [5, 5.41) is 6.40. The van der Waals surface area contributed by atoms with Gasteiger partial charge in [0.05, 0.1) is 12.8 Å². The van der Waals surface area contributed by atoms with E-state index in [0.29, 0.717) is 26.1 Å². The minimum atomic E-state index is -3.11. The zero-order chi connectivity index (χ0) is 17.3. The van der Waals surface area contributed by atoms with Crippen LogP contribution >= 0.6 is 24.0 Å². The van der Waals surface area contributed by atoms with E-state index < -0.39 is 10.0 Å². The van der Waals surface area contributed by atoms with Crippen molar-refractivity contribution in [1.29, 1.82) is 0 Å². The Morgan fingerprint density at radius 1 is 1.17 bits per heavy atom. The molecule has 0 aliphatic carbocycles. The molecule has 0 bridgehead atoms. The first-order chi connectivity index (χ1) is 10.8. The molecule has 0 aromatic heterocycles. The van der Waals surface area contributed by atoms with Crippen LogP contribution in [-0.2, 0) is 16.6 Å². The Labute approximate surface area is 163 Å². The second kappa shape index (κ2) is 11.6. The largest absolute Gasteiger partial charge is 0.357 e. The van der Waals surface area contributed by atoms with Crippen LogP contribution in [0.25, 0.3) is 0 Å². The molecule has 0 fully saturated rings. The predicted octanol–water partition coefficient (Wildman–Crippen LogP) is 1.92. The van der Waals surface area contributed by atoms with Gasteiger partial charge in [-0.1, -0.05) is 23.8 Å². The monoisotopic (exact) mass is 468 g/mol. The summed E-state index contributed by atoms with van der Waals surface area (Å²) in [7, 11) is -3.11. The highest BCUT2D eigenvalue weighted by molar-refractivity contribution is 14.0. The molecule has 0 atom stereocenters. The Hall–Kier alpha value is -0.870. The number of nitrogens with one attached hydrogen (secondary N) is 3. The standard InChI is InChI=1S/C16H28N4O2S.HI/c1-5-17-16(18-9-6-10-20-23(4,21)22)19-12-15-8-7-13(2)11-14(15)3;/h7-8,11,20H,5-6,9-10,12H2,1-4H3,(H2,17,18,19);1H. The van der Waals surface area contributed by atoms with Gasteiger partial charge in [-0.15, -0.1) is 24.0 Å². The highest BCUT2D eigenvalue weighted by Crippen LogP contribution is 2.11. The highest BCUT2D eigenvalue weighted by atomic mass is 127. The maximum absolute atomic E-state index is 11.0. The molecule has 0 aliphatic rings. The van der Waals surface area contributed by atoms with E-state index in [1.54, 1.807) is 0 Å². The van der Waals surface area contributed by atoms with Gasteiger partial charge in [0.15, 0.2) is 5.96 Å². The van der Waals surface area contributed by atoms with Crippen molar-refractivity contribution in [3.63, 3.8) is 0 Å². The number of nitrogens with zero attached hydrogens (tertiary/aromatic N) is 1. The van der Waals surface area contributed by atoms with Crippen molar-refractivity contribution in [3.05, 3.63) is 34.9 Å². The second-order valence-corrected chi connectivity index (χ2v) is 7.40. The Morgan fingerprint density at radius 3 is 2.46 bits per heavy atom. The summed E-state index contributed by atoms with van der Waals surface area (Å²) in [6.07, 6.45) is 1.86. The zero-order valence-electron chi connectivity index (χ0n) is 14.8. The molecular formula is C16H29IN4O2S. The van der Waals surface area contributed by atoms with E-state index in [0.717, 1.165) is 18.8 Å². The summed E-state index contributed by atoms with van der Waals surface area (Å²) in [6, 6.07) is 6.35. The summed E-state index contributed by atoms with van der Waals surface area (Å²) in [5.41, 5.74) is 3.69. The summed E-state index contributed by atoms with van der Waals surface area (Å²) in [6.45, 7) is 8.65. The van der Waals surface area contributed by atoms with Crippen molar-refractivity contribution >= 4 is 40.0 Å². The molecule has 3 N–H and O–H groups in total. The molecule has 1 rings (SSSR count). The van der Waals surface area contributed by atoms with Crippen molar-refractivity contribution < 1.29 is 8.42 Å². The van der Waals surface area contributed by atoms with Crippen LogP contribution in [-0.4, -0.2) is 40.3 Å². The Balaban J connectivity index is 0.00000529. The quantitative estimate of drug-likeness (QED) is 0.236. The van der Waals surface area contributed by atoms with Crippen molar-refractivity contribution in [1.82, 2.24) is 15.4 Å². The predicted molar refractivity (Wildman–Crippen MR) is 112 cm³/mol. The number of hydrogen-bond acceptors (Lipinski definition) is 3. The molecule has 0 unspecified atom stereocenters. The van der Waals surface area contributed by atoms with Gasteiger partial charge in [-0.3, -0.25) is 0 Å². The van der Waals surface area contributed by atoms with Crippen molar-refractivity contribution in [2.75, 3.05) is 25.9 Å².